The number of aromatic nitrogens is 2. The van der Waals surface area contributed by atoms with Gasteiger partial charge in [-0.05, 0) is 44.0 Å². The van der Waals surface area contributed by atoms with E-state index < -0.39 is 0 Å². The highest BCUT2D eigenvalue weighted by molar-refractivity contribution is 8.00. The number of H-pyrrole nitrogens is 1. The van der Waals surface area contributed by atoms with Gasteiger partial charge in [0.2, 0.25) is 18.6 Å². The molecule has 0 bridgehead atoms. The molecule has 9 heteroatoms. The molecule has 0 spiro atoms. The van der Waals surface area contributed by atoms with E-state index >= 15 is 0 Å². The molecule has 0 saturated carbocycles. The van der Waals surface area contributed by atoms with E-state index in [4.69, 9.17) is 9.47 Å². The first-order valence-corrected chi connectivity index (χ1v) is 12.2. The normalized spacial score (nSPS) is 16.7. The first-order chi connectivity index (χ1) is 16.1. The average molecular weight is 467 g/mol. The molecule has 2 aromatic carbocycles. The largest absolute Gasteiger partial charge is 0.454 e. The number of para-hydroxylation sites is 2. The number of hydrogen-bond acceptors (Lipinski definition) is 6. The fourth-order valence-electron chi connectivity index (χ4n) is 4.14. The number of imidazole rings is 1. The van der Waals surface area contributed by atoms with Crippen LogP contribution in [0.15, 0.2) is 42.5 Å². The predicted octanol–water partition coefficient (Wildman–Crippen LogP) is 3.96. The Morgan fingerprint density at radius 3 is 2.79 bits per heavy atom. The van der Waals surface area contributed by atoms with Crippen LogP contribution < -0.4 is 14.8 Å². The first kappa shape index (κ1) is 21.6. The third kappa shape index (κ3) is 4.78. The van der Waals surface area contributed by atoms with E-state index in [0.29, 0.717) is 48.9 Å². The van der Waals surface area contributed by atoms with E-state index in [1.54, 1.807) is 23.9 Å². The fourth-order valence-corrected chi connectivity index (χ4v) is 4.99. The van der Waals surface area contributed by atoms with Gasteiger partial charge in [-0.1, -0.05) is 12.1 Å². The number of carbonyl (C=O) groups is 2. The number of ether oxygens (including phenoxy) is 2. The molecule has 2 N–H and O–H groups in total. The van der Waals surface area contributed by atoms with Gasteiger partial charge in [0, 0.05) is 30.8 Å². The van der Waals surface area contributed by atoms with Gasteiger partial charge in [-0.25, -0.2) is 4.98 Å². The van der Waals surface area contributed by atoms with E-state index in [-0.39, 0.29) is 29.8 Å². The van der Waals surface area contributed by atoms with Crippen molar-refractivity contribution in [3.05, 3.63) is 48.3 Å². The Hall–Kier alpha value is -3.20. The number of hydrogen-bond donors (Lipinski definition) is 2. The van der Waals surface area contributed by atoms with Gasteiger partial charge >= 0.3 is 0 Å². The van der Waals surface area contributed by atoms with Gasteiger partial charge < -0.3 is 24.7 Å². The van der Waals surface area contributed by atoms with Crippen LogP contribution in [0.5, 0.6) is 11.5 Å². The zero-order valence-electron chi connectivity index (χ0n) is 18.4. The molecule has 3 aromatic rings. The Bertz CT molecular complexity index is 1140. The number of fused-ring (bicyclic) bond motifs is 2. The minimum atomic E-state index is -0.110. The molecule has 3 heterocycles. The smallest absolute Gasteiger partial charge is 0.232 e. The van der Waals surface area contributed by atoms with Crippen LogP contribution in [-0.2, 0) is 9.59 Å². The Morgan fingerprint density at radius 1 is 1.18 bits per heavy atom. The number of amides is 2. The highest BCUT2D eigenvalue weighted by atomic mass is 32.2. The van der Waals surface area contributed by atoms with Crippen molar-refractivity contribution in [2.24, 2.45) is 5.92 Å². The summed E-state index contributed by atoms with van der Waals surface area (Å²) in [4.78, 5) is 35.2. The number of aromatic amines is 1. The van der Waals surface area contributed by atoms with Crippen molar-refractivity contribution in [3.8, 4) is 11.5 Å². The Balaban J connectivity index is 1.08. The lowest BCUT2D eigenvalue weighted by Crippen LogP contribution is -2.42. The maximum atomic E-state index is 12.7. The van der Waals surface area contributed by atoms with Gasteiger partial charge in [-0.3, -0.25) is 9.59 Å². The number of anilines is 1. The number of nitrogens with zero attached hydrogens (tertiary/aromatic N) is 2. The number of piperidine rings is 1. The van der Waals surface area contributed by atoms with E-state index in [1.807, 2.05) is 35.2 Å². The summed E-state index contributed by atoms with van der Waals surface area (Å²) in [6.07, 6.45) is 1.32. The number of thioether (sulfide) groups is 1. The topological polar surface area (TPSA) is 96.6 Å². The van der Waals surface area contributed by atoms with Crippen molar-refractivity contribution in [1.29, 1.82) is 0 Å². The van der Waals surface area contributed by atoms with Crippen molar-refractivity contribution in [2.75, 3.05) is 31.0 Å². The summed E-state index contributed by atoms with van der Waals surface area (Å²) in [5.74, 6) is 2.59. The Kier molecular flexibility index (Phi) is 6.13. The minimum absolute atomic E-state index is 0.0196. The summed E-state index contributed by atoms with van der Waals surface area (Å²) in [5.41, 5.74) is 2.64. The molecule has 8 nitrogen and oxygen atoms in total. The number of nitrogens with one attached hydrogen (secondary N) is 2. The van der Waals surface area contributed by atoms with Crippen LogP contribution in [0, 0.1) is 5.92 Å². The maximum Gasteiger partial charge on any atom is 0.232 e. The van der Waals surface area contributed by atoms with Gasteiger partial charge in [0.25, 0.3) is 0 Å². The third-order valence-corrected chi connectivity index (χ3v) is 7.25. The van der Waals surface area contributed by atoms with Crippen molar-refractivity contribution in [2.45, 2.75) is 25.0 Å². The molecule has 5 rings (SSSR count). The SMILES string of the molecule is C[C@@H](SCC(=O)N1CCC(C(=O)Nc2ccc3c(c2)OCO3)CC1)c1nc2ccccc2[nH]1. The monoisotopic (exact) mass is 466 g/mol. The van der Waals surface area contributed by atoms with Crippen LogP contribution in [-0.4, -0.2) is 52.3 Å². The molecule has 1 atom stereocenters. The summed E-state index contributed by atoms with van der Waals surface area (Å²) < 4.78 is 10.7. The molecule has 1 aromatic heterocycles. The highest BCUT2D eigenvalue weighted by Crippen LogP contribution is 2.34. The van der Waals surface area contributed by atoms with E-state index in [0.717, 1.165) is 16.9 Å². The second-order valence-electron chi connectivity index (χ2n) is 8.30. The number of likely N-dealkylation sites (tertiary alicyclic amines) is 1. The quantitative estimate of drug-likeness (QED) is 0.571. The third-order valence-electron chi connectivity index (χ3n) is 6.11. The molecule has 172 valence electrons. The van der Waals surface area contributed by atoms with Crippen molar-refractivity contribution >= 4 is 40.3 Å². The molecule has 1 saturated heterocycles. The summed E-state index contributed by atoms with van der Waals surface area (Å²) in [5, 5.41) is 3.05. The van der Waals surface area contributed by atoms with Crippen LogP contribution >= 0.6 is 11.8 Å². The first-order valence-electron chi connectivity index (χ1n) is 11.1. The summed E-state index contributed by atoms with van der Waals surface area (Å²) in [6.45, 7) is 3.45. The van der Waals surface area contributed by atoms with E-state index in [9.17, 15) is 9.59 Å². The van der Waals surface area contributed by atoms with Gasteiger partial charge in [0.15, 0.2) is 11.5 Å². The lowest BCUT2D eigenvalue weighted by molar-refractivity contribution is -0.132. The molecule has 2 amide bonds. The zero-order valence-corrected chi connectivity index (χ0v) is 19.2. The molecule has 2 aliphatic heterocycles. The molecular weight excluding hydrogens is 440 g/mol. The molecule has 0 unspecified atom stereocenters. The van der Waals surface area contributed by atoms with Crippen LogP contribution in [0.1, 0.15) is 30.8 Å². The minimum Gasteiger partial charge on any atom is -0.454 e. The predicted molar refractivity (Wildman–Crippen MR) is 127 cm³/mol. The van der Waals surface area contributed by atoms with Crippen molar-refractivity contribution in [3.63, 3.8) is 0 Å². The molecule has 0 aliphatic carbocycles. The highest BCUT2D eigenvalue weighted by Gasteiger charge is 2.28. The van der Waals surface area contributed by atoms with Crippen LogP contribution in [0.25, 0.3) is 11.0 Å². The van der Waals surface area contributed by atoms with Crippen molar-refractivity contribution in [1.82, 2.24) is 14.9 Å². The van der Waals surface area contributed by atoms with Gasteiger partial charge in [-0.2, -0.15) is 0 Å². The van der Waals surface area contributed by atoms with Crippen molar-refractivity contribution < 1.29 is 19.1 Å². The Labute approximate surface area is 196 Å². The summed E-state index contributed by atoms with van der Waals surface area (Å²) in [6, 6.07) is 13.3. The maximum absolute atomic E-state index is 12.7. The van der Waals surface area contributed by atoms with Gasteiger partial charge in [0.05, 0.1) is 22.0 Å². The molecule has 1 fully saturated rings. The lowest BCUT2D eigenvalue weighted by atomic mass is 9.96. The number of carbonyl (C=O) groups excluding carboxylic acids is 2. The average Bonchev–Trinajstić information content (AvgIpc) is 3.49. The molecule has 0 radical (unpaired) electrons. The van der Waals surface area contributed by atoms with E-state index in [1.165, 1.54) is 0 Å². The van der Waals surface area contributed by atoms with Crippen LogP contribution in [0.2, 0.25) is 0 Å². The van der Waals surface area contributed by atoms with Gasteiger partial charge in [0.1, 0.15) is 5.82 Å². The molecule has 2 aliphatic rings. The van der Waals surface area contributed by atoms with Crippen LogP contribution in [0.4, 0.5) is 5.69 Å². The lowest BCUT2D eigenvalue weighted by Gasteiger charge is -2.31. The second kappa shape index (κ2) is 9.35. The number of rotatable bonds is 6. The molecular formula is C24H26N4O4S. The molecule has 33 heavy (non-hydrogen) atoms. The fraction of sp³-hybridized carbons (Fsp3) is 0.375. The standard InChI is InChI=1S/C24H26N4O4S/c1-15(23-26-18-4-2-3-5-19(18)27-23)33-13-22(29)28-10-8-16(9-11-28)24(30)25-17-6-7-20-21(12-17)32-14-31-20/h2-7,12,15-16H,8-11,13-14H2,1H3,(H,25,30)(H,26,27)/t15-/m1/s1. The summed E-state index contributed by atoms with van der Waals surface area (Å²) in [7, 11) is 0. The van der Waals surface area contributed by atoms with Crippen LogP contribution in [0.3, 0.4) is 0 Å². The summed E-state index contributed by atoms with van der Waals surface area (Å²) >= 11 is 1.58. The van der Waals surface area contributed by atoms with Gasteiger partial charge in [-0.15, -0.1) is 11.8 Å². The zero-order chi connectivity index (χ0) is 22.8. The number of benzene rings is 2. The van der Waals surface area contributed by atoms with E-state index in [2.05, 4.69) is 22.2 Å². The second-order valence-corrected chi connectivity index (χ2v) is 9.63. The Morgan fingerprint density at radius 2 is 1.97 bits per heavy atom.